The molecule has 10 heavy (non-hydrogen) atoms. The van der Waals surface area contributed by atoms with Gasteiger partial charge in [0.25, 0.3) is 0 Å². The van der Waals surface area contributed by atoms with E-state index in [1.54, 1.807) is 5.16 Å². The van der Waals surface area contributed by atoms with Crippen LogP contribution in [0.3, 0.4) is 0 Å². The first kappa shape index (κ1) is 16.0. The maximum Gasteiger partial charge on any atom is 0.183 e. The number of nitrogens with zero attached hydrogens (tertiary/aromatic N) is 1. The van der Waals surface area contributed by atoms with Crippen molar-refractivity contribution in [2.45, 2.75) is 0 Å². The lowest BCUT2D eigenvalue weighted by Gasteiger charge is -1.69. The van der Waals surface area contributed by atoms with Gasteiger partial charge in [0.05, 0.1) is 5.16 Å². The molecule has 0 unspecified atom stereocenters. The van der Waals surface area contributed by atoms with Gasteiger partial charge in [0, 0.05) is 0 Å². The molecule has 6 N–H and O–H groups in total. The van der Waals surface area contributed by atoms with Gasteiger partial charge in [-0.15, -0.1) is 0 Å². The normalized spacial score (nSPS) is 4.00. The van der Waals surface area contributed by atoms with E-state index in [2.05, 4.69) is 36.3 Å². The zero-order valence-electron chi connectivity index (χ0n) is 4.96. The summed E-state index contributed by atoms with van der Waals surface area (Å²) in [5.41, 5.74) is 8.94. The lowest BCUT2D eigenvalue weighted by atomic mass is 11.1. The van der Waals surface area contributed by atoms with Gasteiger partial charge in [-0.1, -0.05) is 12.6 Å². The molecule has 0 spiro atoms. The first-order valence-corrected chi connectivity index (χ1v) is 2.58. The summed E-state index contributed by atoms with van der Waals surface area (Å²) in [6, 6.07) is 0. The van der Waals surface area contributed by atoms with Gasteiger partial charge in [0.2, 0.25) is 0 Å². The molecule has 0 aromatic rings. The van der Waals surface area contributed by atoms with Crippen molar-refractivity contribution in [3.63, 3.8) is 0 Å². The van der Waals surface area contributed by atoms with Crippen LogP contribution >= 0.6 is 24.8 Å². The molecule has 0 saturated carbocycles. The number of guanidine groups is 1. The van der Waals surface area contributed by atoms with Crippen LogP contribution in [0.2, 0.25) is 0 Å². The van der Waals surface area contributed by atoms with Gasteiger partial charge in [-0.05, 0) is 12.2 Å². The zero-order valence-corrected chi connectivity index (χ0v) is 6.67. The van der Waals surface area contributed by atoms with E-state index in [1.807, 2.05) is 0 Å². The van der Waals surface area contributed by atoms with E-state index in [-0.39, 0.29) is 5.96 Å². The van der Waals surface area contributed by atoms with Crippen molar-refractivity contribution in [3.8, 4) is 5.40 Å². The van der Waals surface area contributed by atoms with E-state index in [4.69, 9.17) is 16.1 Å². The highest BCUT2D eigenvalue weighted by molar-refractivity contribution is 7.85. The summed E-state index contributed by atoms with van der Waals surface area (Å²) in [6.45, 7) is 0. The Morgan fingerprint density at radius 2 is 1.60 bits per heavy atom. The third kappa shape index (κ3) is 203. The van der Waals surface area contributed by atoms with Crippen molar-refractivity contribution in [1.82, 2.24) is 0 Å². The molecule has 0 atom stereocenters. The molecule has 0 bridgehead atoms. The number of thiol groups is 1. The quantitative estimate of drug-likeness (QED) is 0.116. The van der Waals surface area contributed by atoms with Gasteiger partial charge < -0.3 is 11.5 Å². The van der Waals surface area contributed by atoms with Crippen molar-refractivity contribution in [1.29, 1.82) is 16.1 Å². The molecule has 0 aromatic heterocycles. The van der Waals surface area contributed by atoms with Gasteiger partial charge in [-0.3, -0.25) is 5.41 Å². The largest absolute Gasteiger partial charge is 0.370 e. The highest BCUT2D eigenvalue weighted by Gasteiger charge is 1.52. The molecule has 0 aliphatic carbocycles. The number of hydrogen-bond donors (Lipinski definition) is 5. The Kier molecular flexibility index (Phi) is 39.4. The number of thiocyanates is 1. The summed E-state index contributed by atoms with van der Waals surface area (Å²) in [5.74, 6) is -0.333. The molecule has 7 heteroatoms. The predicted octanol–water partition coefficient (Wildman–Crippen LogP) is -0.0962. The molecule has 0 aromatic carbocycles. The summed E-state index contributed by atoms with van der Waals surface area (Å²) in [6.07, 6.45) is 0. The summed E-state index contributed by atoms with van der Waals surface area (Å²) < 4.78 is 0. The van der Waals surface area contributed by atoms with Crippen LogP contribution in [0.1, 0.15) is 0 Å². The minimum absolute atomic E-state index is 0.333. The van der Waals surface area contributed by atoms with E-state index < -0.39 is 0 Å². The van der Waals surface area contributed by atoms with Crippen LogP contribution in [0.25, 0.3) is 0 Å². The second-order valence-corrected chi connectivity index (χ2v) is 1.06. The van der Waals surface area contributed by atoms with Crippen LogP contribution in [0.5, 0.6) is 0 Å². The monoisotopic (exact) mass is 177 g/mol. The van der Waals surface area contributed by atoms with Gasteiger partial charge in [0.1, 0.15) is 5.40 Å². The number of hydrogen-bond acceptors (Lipinski definition) is 5. The standard InChI is InChI=1S/CH5N3.2CHNS/c2-1(3)4;2*2-1-3/h(H5,2,3,4);3H;2H. The average Bonchev–Trinajstić information content (AvgIpc) is 1.65. The average molecular weight is 177 g/mol. The van der Waals surface area contributed by atoms with Gasteiger partial charge >= 0.3 is 0 Å². The van der Waals surface area contributed by atoms with Crippen LogP contribution in [-0.4, -0.2) is 11.1 Å². The molecule has 0 fully saturated rings. The summed E-state index contributed by atoms with van der Waals surface area (Å²) in [4.78, 5) is 0. The molecule has 56 valence electrons. The molecule has 0 amide bonds. The Morgan fingerprint density at radius 3 is 1.60 bits per heavy atom. The first-order valence-electron chi connectivity index (χ1n) is 1.73. The SMILES string of the molecule is N#CS.N=C(N)N.N=C=S. The van der Waals surface area contributed by atoms with E-state index in [1.165, 1.54) is 5.40 Å². The summed E-state index contributed by atoms with van der Waals surface area (Å²) in [7, 11) is 0. The minimum atomic E-state index is -0.333. The fourth-order valence-corrected chi connectivity index (χ4v) is 0. The molecule has 5 nitrogen and oxygen atoms in total. The summed E-state index contributed by atoms with van der Waals surface area (Å²) >= 11 is 6.90. The second kappa shape index (κ2) is 24.7. The van der Waals surface area contributed by atoms with E-state index in [0.717, 1.165) is 0 Å². The third-order valence-electron chi connectivity index (χ3n) is 0. The lowest BCUT2D eigenvalue weighted by Crippen LogP contribution is -2.20. The maximum absolute atomic E-state index is 7.18. The molecule has 0 saturated heterocycles. The molecular weight excluding hydrogens is 170 g/mol. The molecule has 0 rings (SSSR count). The van der Waals surface area contributed by atoms with Crippen LogP contribution in [0.4, 0.5) is 0 Å². The number of isothiocyanates is 1. The van der Waals surface area contributed by atoms with Gasteiger partial charge in [-0.25, -0.2) is 5.41 Å². The minimum Gasteiger partial charge on any atom is -0.370 e. The number of rotatable bonds is 0. The predicted molar refractivity (Wildman–Crippen MR) is 46.0 cm³/mol. The highest BCUT2D eigenvalue weighted by Crippen LogP contribution is 1.46. The first-order chi connectivity index (χ1) is 4.56. The topological polar surface area (TPSA) is 124 Å². The molecule has 0 aliphatic heterocycles. The maximum atomic E-state index is 7.18. The number of nitrogens with two attached hydrogens (primary N) is 2. The number of nitrogens with one attached hydrogen (secondary N) is 2. The van der Waals surface area contributed by atoms with Crippen LogP contribution in [-0.2, 0) is 0 Å². The Balaban J connectivity index is -0.0000000750. The summed E-state index contributed by atoms with van der Waals surface area (Å²) in [5, 5.41) is 22.0. The Hall–Kier alpha value is -1.09. The Morgan fingerprint density at radius 1 is 1.60 bits per heavy atom. The molecule has 0 heterocycles. The fourth-order valence-electron chi connectivity index (χ4n) is 0. The second-order valence-electron chi connectivity index (χ2n) is 0.657. The fraction of sp³-hybridized carbons (Fsp3) is 0. The van der Waals surface area contributed by atoms with Crippen LogP contribution < -0.4 is 11.5 Å². The lowest BCUT2D eigenvalue weighted by molar-refractivity contribution is 1.39. The van der Waals surface area contributed by atoms with Crippen molar-refractivity contribution in [2.24, 2.45) is 11.5 Å². The van der Waals surface area contributed by atoms with Crippen LogP contribution in [0, 0.1) is 21.5 Å². The van der Waals surface area contributed by atoms with Crippen molar-refractivity contribution >= 4 is 36.0 Å². The van der Waals surface area contributed by atoms with Crippen LogP contribution in [0.15, 0.2) is 0 Å². The zero-order chi connectivity index (χ0) is 8.99. The van der Waals surface area contributed by atoms with Gasteiger partial charge in [-0.2, -0.15) is 5.26 Å². The van der Waals surface area contributed by atoms with E-state index in [0.29, 0.717) is 0 Å². The number of nitriles is 1. The van der Waals surface area contributed by atoms with E-state index in [9.17, 15) is 0 Å². The Bertz CT molecular complexity index is 137. The number of thiocarbonyl (C=S) groups is 1. The van der Waals surface area contributed by atoms with Crippen molar-refractivity contribution in [2.75, 3.05) is 0 Å². The smallest absolute Gasteiger partial charge is 0.183 e. The van der Waals surface area contributed by atoms with Gasteiger partial charge in [0.15, 0.2) is 5.96 Å². The van der Waals surface area contributed by atoms with E-state index >= 15 is 0 Å². The highest BCUT2D eigenvalue weighted by atomic mass is 32.1. The molecule has 0 aliphatic rings. The third-order valence-corrected chi connectivity index (χ3v) is 0. The van der Waals surface area contributed by atoms with Crippen molar-refractivity contribution in [3.05, 3.63) is 0 Å². The van der Waals surface area contributed by atoms with Crippen molar-refractivity contribution < 1.29 is 0 Å². The Labute approximate surface area is 69.4 Å². The molecule has 0 radical (unpaired) electrons. The molecular formula is C3H7N5S2.